The average molecular weight is 283 g/mol. The number of hydrogen-bond acceptors (Lipinski definition) is 5. The number of carbonyl (C=O) groups excluding carboxylic acids is 1. The van der Waals surface area contributed by atoms with Crippen molar-refractivity contribution in [2.45, 2.75) is 26.4 Å². The molecule has 7 heteroatoms. The van der Waals surface area contributed by atoms with Gasteiger partial charge in [-0.3, -0.25) is 5.32 Å². The van der Waals surface area contributed by atoms with E-state index >= 15 is 0 Å². The highest BCUT2D eigenvalue weighted by Crippen LogP contribution is 2.29. The van der Waals surface area contributed by atoms with Gasteiger partial charge in [-0.05, 0) is 32.9 Å². The minimum absolute atomic E-state index is 0.0401. The number of amides is 1. The smallest absolute Gasteiger partial charge is 0.412 e. The number of aromatic hydroxyl groups is 1. The summed E-state index contributed by atoms with van der Waals surface area (Å²) < 4.78 is 10.0. The summed E-state index contributed by atoms with van der Waals surface area (Å²) in [6.45, 7) is 4.55. The lowest BCUT2D eigenvalue weighted by atomic mass is 10.2. The Morgan fingerprint density at radius 1 is 1.30 bits per heavy atom. The highest BCUT2D eigenvalue weighted by Gasteiger charge is 2.18. The summed E-state index contributed by atoms with van der Waals surface area (Å²) in [6, 6.07) is 3.92. The predicted molar refractivity (Wildman–Crippen MR) is 71.1 cm³/mol. The monoisotopic (exact) mass is 283 g/mol. The molecule has 0 aliphatic carbocycles. The average Bonchev–Trinajstić information content (AvgIpc) is 2.26. The lowest BCUT2D eigenvalue weighted by Gasteiger charge is -2.20. The first-order valence-electron chi connectivity index (χ1n) is 5.85. The Morgan fingerprint density at radius 2 is 1.95 bits per heavy atom. The Morgan fingerprint density at radius 3 is 2.50 bits per heavy atom. The molecule has 1 rings (SSSR count). The van der Waals surface area contributed by atoms with Crippen LogP contribution in [0.2, 0.25) is 0 Å². The number of carboxylic acid groups (broad SMARTS) is 1. The molecule has 0 aromatic heterocycles. The molecule has 0 heterocycles. The Labute approximate surface area is 116 Å². The van der Waals surface area contributed by atoms with Gasteiger partial charge in [-0.1, -0.05) is 0 Å². The highest BCUT2D eigenvalue weighted by molar-refractivity contribution is 5.87. The van der Waals surface area contributed by atoms with E-state index in [1.54, 1.807) is 20.8 Å². The number of anilines is 1. The van der Waals surface area contributed by atoms with Crippen LogP contribution in [0.5, 0.6) is 11.5 Å². The molecule has 1 aromatic rings. The minimum atomic E-state index is -1.17. The number of hydrogen-bond donors (Lipinski definition) is 3. The number of phenols is 1. The van der Waals surface area contributed by atoms with E-state index in [1.165, 1.54) is 18.2 Å². The fourth-order valence-electron chi connectivity index (χ4n) is 1.29. The molecule has 0 bridgehead atoms. The number of ether oxygens (including phenoxy) is 2. The number of rotatable bonds is 4. The molecular formula is C13H17NO6. The number of phenolic OH excluding ortho intramolecular Hbond substituents is 1. The van der Waals surface area contributed by atoms with E-state index in [0.717, 1.165) is 0 Å². The molecule has 0 unspecified atom stereocenters. The standard InChI is InChI=1S/C13H17NO6/c1-13(2,3)20-12(18)14-9-5-4-8(15)6-10(9)19-7-11(16)17/h4-6,15H,7H2,1-3H3,(H,14,18)(H,16,17). The van der Waals surface area contributed by atoms with Crippen LogP contribution >= 0.6 is 0 Å². The summed E-state index contributed by atoms with van der Waals surface area (Å²) in [7, 11) is 0. The lowest BCUT2D eigenvalue weighted by molar-refractivity contribution is -0.139. The number of carbonyl (C=O) groups is 2. The van der Waals surface area contributed by atoms with E-state index in [9.17, 15) is 14.7 Å². The first-order chi connectivity index (χ1) is 9.17. The number of aliphatic carboxylic acids is 1. The summed E-state index contributed by atoms with van der Waals surface area (Å²) in [5.41, 5.74) is -0.457. The molecule has 0 aliphatic rings. The van der Waals surface area contributed by atoms with Crippen molar-refractivity contribution in [3.05, 3.63) is 18.2 Å². The van der Waals surface area contributed by atoms with Crippen molar-refractivity contribution in [2.75, 3.05) is 11.9 Å². The third-order valence-corrected chi connectivity index (χ3v) is 1.95. The molecule has 20 heavy (non-hydrogen) atoms. The molecule has 0 atom stereocenters. The van der Waals surface area contributed by atoms with Gasteiger partial charge in [0.2, 0.25) is 0 Å². The quantitative estimate of drug-likeness (QED) is 0.732. The number of benzene rings is 1. The molecule has 0 radical (unpaired) electrons. The minimum Gasteiger partial charge on any atom is -0.508 e. The van der Waals surface area contributed by atoms with E-state index in [-0.39, 0.29) is 17.2 Å². The van der Waals surface area contributed by atoms with Crippen molar-refractivity contribution < 1.29 is 29.3 Å². The van der Waals surface area contributed by atoms with Gasteiger partial charge in [-0.15, -0.1) is 0 Å². The van der Waals surface area contributed by atoms with Crippen LogP contribution in [0, 0.1) is 0 Å². The van der Waals surface area contributed by atoms with Crippen LogP contribution in [0.1, 0.15) is 20.8 Å². The van der Waals surface area contributed by atoms with Crippen LogP contribution < -0.4 is 10.1 Å². The van der Waals surface area contributed by atoms with E-state index < -0.39 is 24.3 Å². The van der Waals surface area contributed by atoms with Crippen LogP contribution in [0.4, 0.5) is 10.5 Å². The van der Waals surface area contributed by atoms with Gasteiger partial charge in [0.25, 0.3) is 0 Å². The number of carboxylic acids is 1. The van der Waals surface area contributed by atoms with Gasteiger partial charge in [0, 0.05) is 6.07 Å². The van der Waals surface area contributed by atoms with Gasteiger partial charge in [0.15, 0.2) is 6.61 Å². The largest absolute Gasteiger partial charge is 0.508 e. The van der Waals surface area contributed by atoms with Crippen molar-refractivity contribution >= 4 is 17.7 Å². The van der Waals surface area contributed by atoms with Gasteiger partial charge in [0.05, 0.1) is 5.69 Å². The second-order valence-electron chi connectivity index (χ2n) is 4.99. The summed E-state index contributed by atoms with van der Waals surface area (Å²) in [6.07, 6.45) is -0.705. The van der Waals surface area contributed by atoms with Crippen molar-refractivity contribution in [3.8, 4) is 11.5 Å². The topological polar surface area (TPSA) is 105 Å². The highest BCUT2D eigenvalue weighted by atomic mass is 16.6. The Balaban J connectivity index is 2.83. The van der Waals surface area contributed by atoms with Crippen molar-refractivity contribution in [2.24, 2.45) is 0 Å². The van der Waals surface area contributed by atoms with Gasteiger partial charge in [-0.2, -0.15) is 0 Å². The molecule has 0 aliphatic heterocycles. The van der Waals surface area contributed by atoms with Crippen LogP contribution in [-0.4, -0.2) is 34.5 Å². The van der Waals surface area contributed by atoms with Gasteiger partial charge in [-0.25, -0.2) is 9.59 Å². The first-order valence-corrected chi connectivity index (χ1v) is 5.85. The number of nitrogens with one attached hydrogen (secondary N) is 1. The van der Waals surface area contributed by atoms with Crippen LogP contribution in [-0.2, 0) is 9.53 Å². The molecule has 1 aromatic carbocycles. The van der Waals surface area contributed by atoms with Crippen molar-refractivity contribution in [3.63, 3.8) is 0 Å². The summed E-state index contributed by atoms with van der Waals surface area (Å²) in [5, 5.41) is 20.3. The Kier molecular flexibility index (Phi) is 4.79. The maximum atomic E-state index is 11.6. The maximum absolute atomic E-state index is 11.6. The Bertz CT molecular complexity index is 506. The molecule has 7 nitrogen and oxygen atoms in total. The predicted octanol–water partition coefficient (Wildman–Crippen LogP) is 2.20. The zero-order valence-corrected chi connectivity index (χ0v) is 11.5. The van der Waals surface area contributed by atoms with E-state index in [0.29, 0.717) is 0 Å². The first kappa shape index (κ1) is 15.6. The maximum Gasteiger partial charge on any atom is 0.412 e. The molecule has 0 saturated heterocycles. The summed E-state index contributed by atoms with van der Waals surface area (Å²) >= 11 is 0. The van der Waals surface area contributed by atoms with Crippen LogP contribution in [0.3, 0.4) is 0 Å². The third kappa shape index (κ3) is 5.47. The van der Waals surface area contributed by atoms with Gasteiger partial charge >= 0.3 is 12.1 Å². The Hall–Kier alpha value is -2.44. The second kappa shape index (κ2) is 6.14. The van der Waals surface area contributed by atoms with E-state index in [2.05, 4.69) is 5.32 Å². The second-order valence-corrected chi connectivity index (χ2v) is 4.99. The zero-order chi connectivity index (χ0) is 15.3. The van der Waals surface area contributed by atoms with Gasteiger partial charge < -0.3 is 19.7 Å². The van der Waals surface area contributed by atoms with Crippen LogP contribution in [0.15, 0.2) is 18.2 Å². The van der Waals surface area contributed by atoms with E-state index in [4.69, 9.17) is 14.6 Å². The molecule has 0 saturated carbocycles. The zero-order valence-electron chi connectivity index (χ0n) is 11.5. The van der Waals surface area contributed by atoms with Crippen LogP contribution in [0.25, 0.3) is 0 Å². The molecule has 0 fully saturated rings. The SMILES string of the molecule is CC(C)(C)OC(=O)Nc1ccc(O)cc1OCC(=O)O. The van der Waals surface area contributed by atoms with Gasteiger partial charge in [0.1, 0.15) is 17.1 Å². The summed E-state index contributed by atoms with van der Waals surface area (Å²) in [5.74, 6) is -1.24. The molecule has 1 amide bonds. The normalized spacial score (nSPS) is 10.8. The van der Waals surface area contributed by atoms with Crippen molar-refractivity contribution in [1.82, 2.24) is 0 Å². The molecule has 0 spiro atoms. The molecule has 110 valence electrons. The fraction of sp³-hybridized carbons (Fsp3) is 0.385. The fourth-order valence-corrected chi connectivity index (χ4v) is 1.29. The van der Waals surface area contributed by atoms with E-state index in [1.807, 2.05) is 0 Å². The summed E-state index contributed by atoms with van der Waals surface area (Å²) in [4.78, 5) is 22.1. The molecular weight excluding hydrogens is 266 g/mol. The van der Waals surface area contributed by atoms with Crippen molar-refractivity contribution in [1.29, 1.82) is 0 Å². The lowest BCUT2D eigenvalue weighted by Crippen LogP contribution is -2.27. The molecule has 3 N–H and O–H groups in total. The third-order valence-electron chi connectivity index (χ3n) is 1.95.